The summed E-state index contributed by atoms with van der Waals surface area (Å²) in [5, 5.41) is 136. The Bertz CT molecular complexity index is 2230. The quantitative estimate of drug-likeness (QED) is 0.0253. The molecule has 4 fully saturated rings. The molecule has 0 bridgehead atoms. The van der Waals surface area contributed by atoms with Crippen molar-refractivity contribution >= 4 is 59.0 Å². The molecule has 0 aliphatic carbocycles. The Morgan fingerprint density at radius 2 is 0.895 bits per heavy atom. The number of carboxylic acids is 1. The van der Waals surface area contributed by atoms with Crippen molar-refractivity contribution in [1.29, 1.82) is 0 Å². The molecule has 23 atom stereocenters. The molecule has 4 rings (SSSR count). The zero-order valence-electron chi connectivity index (χ0n) is 55.2. The third-order valence-electron chi connectivity index (χ3n) is 16.6. The molecule has 4 aliphatic heterocycles. The summed E-state index contributed by atoms with van der Waals surface area (Å²) < 4.78 is 58.4. The molecule has 0 saturated carbocycles. The third-order valence-corrected chi connectivity index (χ3v) is 17.8. The smallest absolute Gasteiger partial charge is 0.317 e. The van der Waals surface area contributed by atoms with Crippen LogP contribution in [0, 0.1) is 17.8 Å². The highest BCUT2D eigenvalue weighted by Crippen LogP contribution is 2.32. The van der Waals surface area contributed by atoms with Crippen molar-refractivity contribution in [3.05, 3.63) is 0 Å². The number of hydrogen-bond acceptors (Lipinski definition) is 29. The minimum atomic E-state index is -1.97. The first kappa shape index (κ1) is 84.1. The maximum atomic E-state index is 13.6. The third kappa shape index (κ3) is 27.6. The van der Waals surface area contributed by atoms with Crippen LogP contribution in [0.1, 0.15) is 85.5 Å². The number of carbonyl (C=O) groups is 6. The Kier molecular flexibility index (Phi) is 40.2. The Hall–Kier alpha value is -3.32. The van der Waals surface area contributed by atoms with Gasteiger partial charge in [0.15, 0.2) is 18.9 Å². The van der Waals surface area contributed by atoms with Crippen LogP contribution in [0.5, 0.6) is 0 Å². The Morgan fingerprint density at radius 3 is 1.45 bits per heavy atom. The van der Waals surface area contributed by atoms with Crippen LogP contribution in [0.2, 0.25) is 0 Å². The lowest BCUT2D eigenvalue weighted by molar-refractivity contribution is -0.347. The lowest BCUT2D eigenvalue weighted by Gasteiger charge is -2.45. The van der Waals surface area contributed by atoms with Gasteiger partial charge in [0.1, 0.15) is 111 Å². The SMILES string of the molecule is CCCCC(CC(CC(CC)C(=O)NCCNC(=O)COC1C(COCCC)OC(OCC2OC(OCC3OC(OCC4OC(CCC)C(O)C(O)C4O)C(OCC(=O)NCCNCC(=O)O)C(O)C3O)C(O)C(O)C2O)C(O)C1O)C(=O)NCCSC)C(=O)NCCSC. The summed E-state index contributed by atoms with van der Waals surface area (Å²) in [7, 11) is 0. The summed E-state index contributed by atoms with van der Waals surface area (Å²) in [6.45, 7) is 4.79. The number of aliphatic hydroxyl groups is 10. The van der Waals surface area contributed by atoms with Gasteiger partial charge in [-0.05, 0) is 51.0 Å². The predicted molar refractivity (Wildman–Crippen MR) is 340 cm³/mol. The fraction of sp³-hybridized carbons (Fsp3) is 0.900. The summed E-state index contributed by atoms with van der Waals surface area (Å²) in [6, 6.07) is 0. The van der Waals surface area contributed by atoms with Crippen molar-refractivity contribution < 1.29 is 132 Å². The lowest BCUT2D eigenvalue weighted by atomic mass is 9.82. The second kappa shape index (κ2) is 45.4. The second-order valence-corrected chi connectivity index (χ2v) is 25.9. The van der Waals surface area contributed by atoms with E-state index in [4.69, 9.17) is 52.5 Å². The lowest BCUT2D eigenvalue weighted by Crippen LogP contribution is -2.63. The number of carbonyl (C=O) groups excluding carboxylic acids is 5. The summed E-state index contributed by atoms with van der Waals surface area (Å²) in [5.74, 6) is -3.31. The molecule has 552 valence electrons. The number of ether oxygens (including phenoxy) is 10. The minimum Gasteiger partial charge on any atom is -0.480 e. The monoisotopic (exact) mass is 1410 g/mol. The van der Waals surface area contributed by atoms with Gasteiger partial charge in [-0.1, -0.05) is 47.0 Å². The molecule has 4 saturated heterocycles. The van der Waals surface area contributed by atoms with Gasteiger partial charge in [-0.15, -0.1) is 0 Å². The van der Waals surface area contributed by atoms with E-state index in [1.807, 2.05) is 40.2 Å². The number of rotatable bonds is 46. The van der Waals surface area contributed by atoms with Gasteiger partial charge in [-0.2, -0.15) is 23.5 Å². The molecule has 0 aromatic rings. The van der Waals surface area contributed by atoms with Crippen molar-refractivity contribution in [2.24, 2.45) is 17.8 Å². The topological polar surface area (TPSA) is 489 Å². The van der Waals surface area contributed by atoms with E-state index in [0.717, 1.165) is 18.6 Å². The highest BCUT2D eigenvalue weighted by molar-refractivity contribution is 7.98. The molecule has 33 nitrogen and oxygen atoms in total. The van der Waals surface area contributed by atoms with Crippen LogP contribution < -0.4 is 31.9 Å². The van der Waals surface area contributed by atoms with Gasteiger partial charge in [0, 0.05) is 75.1 Å². The molecular formula is C60H108N6O27S2. The van der Waals surface area contributed by atoms with Crippen molar-refractivity contribution in [1.82, 2.24) is 31.9 Å². The zero-order chi connectivity index (χ0) is 70.1. The van der Waals surface area contributed by atoms with Gasteiger partial charge < -0.3 is 135 Å². The van der Waals surface area contributed by atoms with Crippen LogP contribution in [0.15, 0.2) is 0 Å². The molecular weight excluding hydrogens is 1300 g/mol. The Labute approximate surface area is 563 Å². The maximum Gasteiger partial charge on any atom is 0.317 e. The van der Waals surface area contributed by atoms with Gasteiger partial charge in [0.2, 0.25) is 29.5 Å². The molecule has 0 spiro atoms. The molecule has 0 aromatic heterocycles. The average molecular weight is 1410 g/mol. The van der Waals surface area contributed by atoms with Gasteiger partial charge in [0.25, 0.3) is 0 Å². The first-order valence-corrected chi connectivity index (χ1v) is 35.6. The first-order valence-electron chi connectivity index (χ1n) is 32.8. The van der Waals surface area contributed by atoms with Crippen molar-refractivity contribution in [3.63, 3.8) is 0 Å². The number of aliphatic carboxylic acids is 1. The molecule has 0 radical (unpaired) electrons. The highest BCUT2D eigenvalue weighted by atomic mass is 32.2. The minimum absolute atomic E-state index is 0.00978. The van der Waals surface area contributed by atoms with E-state index in [0.29, 0.717) is 50.9 Å². The summed E-state index contributed by atoms with van der Waals surface area (Å²) in [6.07, 6.45) is -24.2. The molecule has 35 heteroatoms. The van der Waals surface area contributed by atoms with Crippen LogP contribution >= 0.6 is 23.5 Å². The van der Waals surface area contributed by atoms with Crippen molar-refractivity contribution in [3.8, 4) is 0 Å². The van der Waals surface area contributed by atoms with E-state index < -0.39 is 191 Å². The Balaban J connectivity index is 1.35. The van der Waals surface area contributed by atoms with E-state index in [1.165, 1.54) is 0 Å². The normalized spacial score (nSPS) is 32.0. The molecule has 17 N–H and O–H groups in total. The van der Waals surface area contributed by atoms with E-state index in [9.17, 15) is 79.8 Å². The number of thioether (sulfide) groups is 2. The van der Waals surface area contributed by atoms with Crippen LogP contribution in [0.4, 0.5) is 0 Å². The molecule has 4 heterocycles. The van der Waals surface area contributed by atoms with Gasteiger partial charge in [0.05, 0.1) is 39.1 Å². The fourth-order valence-corrected chi connectivity index (χ4v) is 11.7. The highest BCUT2D eigenvalue weighted by Gasteiger charge is 2.52. The van der Waals surface area contributed by atoms with E-state index >= 15 is 0 Å². The Morgan fingerprint density at radius 1 is 0.442 bits per heavy atom. The van der Waals surface area contributed by atoms with Crippen molar-refractivity contribution in [2.75, 3.05) is 116 Å². The summed E-state index contributed by atoms with van der Waals surface area (Å²) in [5.41, 5.74) is 0. The maximum absolute atomic E-state index is 13.6. The van der Waals surface area contributed by atoms with Crippen LogP contribution in [-0.4, -0.2) is 330 Å². The number of carboxylic acid groups (broad SMARTS) is 1. The number of amides is 5. The number of aliphatic hydroxyl groups excluding tert-OH is 10. The van der Waals surface area contributed by atoms with E-state index in [2.05, 4.69) is 31.9 Å². The fourth-order valence-electron chi connectivity index (χ4n) is 11.1. The molecule has 95 heavy (non-hydrogen) atoms. The zero-order valence-corrected chi connectivity index (χ0v) is 56.9. The van der Waals surface area contributed by atoms with Crippen LogP contribution in [-0.2, 0) is 76.1 Å². The molecule has 23 unspecified atom stereocenters. The van der Waals surface area contributed by atoms with E-state index in [1.54, 1.807) is 23.5 Å². The first-order chi connectivity index (χ1) is 45.5. The van der Waals surface area contributed by atoms with Gasteiger partial charge in [-0.3, -0.25) is 28.8 Å². The summed E-state index contributed by atoms with van der Waals surface area (Å²) in [4.78, 5) is 77.2. The molecule has 5 amide bonds. The summed E-state index contributed by atoms with van der Waals surface area (Å²) >= 11 is 3.19. The van der Waals surface area contributed by atoms with Crippen molar-refractivity contribution in [2.45, 2.75) is 208 Å². The second-order valence-electron chi connectivity index (χ2n) is 23.9. The van der Waals surface area contributed by atoms with E-state index in [-0.39, 0.29) is 76.5 Å². The van der Waals surface area contributed by atoms with Gasteiger partial charge >= 0.3 is 5.97 Å². The number of unbranched alkanes of at least 4 members (excludes halogenated alkanes) is 1. The van der Waals surface area contributed by atoms with Crippen LogP contribution in [0.3, 0.4) is 0 Å². The van der Waals surface area contributed by atoms with Gasteiger partial charge in [-0.25, -0.2) is 0 Å². The number of hydrogen-bond donors (Lipinski definition) is 17. The average Bonchev–Trinajstić information content (AvgIpc) is 0.812. The molecule has 4 aliphatic rings. The molecule has 0 aromatic carbocycles. The van der Waals surface area contributed by atoms with Crippen LogP contribution in [0.25, 0.3) is 0 Å². The largest absolute Gasteiger partial charge is 0.480 e. The number of nitrogens with one attached hydrogen (secondary N) is 6. The standard InChI is InChI=1S/C60H108N6O27S2/c1-7-11-13-33(56(82)65-18-21-94-5)24-34(57(83)66-19-22-95-6)23-32(10-4)55(81)64-17-16-63-40(67)30-85-53-39(26-84-20-9-3)93-59(52(80)50(53)78)88-28-37-45(73)48(76)51(79)58(91-37)87-29-38-46(74)49(77)54(86-31-41(68)62-15-14-61-25-42(69)70)60(92-38)89-27-36-44(72)47(75)43(71)35(90-36)12-8-2/h32-39,43-54,58-61,71-80H,7-31H2,1-6H3,(H,62,68)(H,63,67)(H,64,81)(H,65,82)(H,66,83)(H,69,70). The predicted octanol–water partition coefficient (Wildman–Crippen LogP) is -5.21.